The molecule has 1 aliphatic carbocycles. The number of carbonyl (C=O) groups is 2. The van der Waals surface area contributed by atoms with E-state index in [2.05, 4.69) is 0 Å². The van der Waals surface area contributed by atoms with Crippen LogP contribution in [0.25, 0.3) is 0 Å². The van der Waals surface area contributed by atoms with Gasteiger partial charge in [0.15, 0.2) is 0 Å². The Hall–Kier alpha value is -0.910. The third-order valence-corrected chi connectivity index (χ3v) is 5.59. The van der Waals surface area contributed by atoms with E-state index in [9.17, 15) is 9.59 Å². The molecule has 0 bridgehead atoms. The Bertz CT molecular complexity index is 536. The van der Waals surface area contributed by atoms with E-state index in [1.807, 2.05) is 24.1 Å². The molecule has 0 aromatic carbocycles. The second-order valence-electron chi connectivity index (χ2n) is 5.96. The van der Waals surface area contributed by atoms with Crippen LogP contribution in [0.3, 0.4) is 0 Å². The minimum absolute atomic E-state index is 0.0285. The average molecular weight is 327 g/mol. The molecule has 2 fully saturated rings. The lowest BCUT2D eigenvalue weighted by molar-refractivity contribution is -0.142. The molecular weight excluding hydrogens is 308 g/mol. The first-order valence-corrected chi connectivity index (χ1v) is 8.53. The lowest BCUT2D eigenvalue weighted by atomic mass is 9.81. The zero-order chi connectivity index (χ0) is 15.0. The van der Waals surface area contributed by atoms with Crippen molar-refractivity contribution in [2.75, 3.05) is 13.7 Å². The van der Waals surface area contributed by atoms with Crippen molar-refractivity contribution >= 4 is 34.8 Å². The van der Waals surface area contributed by atoms with Gasteiger partial charge in [-0.15, -0.1) is 11.3 Å². The summed E-state index contributed by atoms with van der Waals surface area (Å²) in [5, 5.41) is 0. The van der Waals surface area contributed by atoms with Crippen LogP contribution in [0, 0.1) is 11.8 Å². The van der Waals surface area contributed by atoms with E-state index in [0.717, 1.165) is 34.9 Å². The minimum atomic E-state index is -0.0594. The zero-order valence-corrected chi connectivity index (χ0v) is 13.6. The number of amides is 2. The second-order valence-corrected chi connectivity index (χ2v) is 7.76. The third-order valence-electron chi connectivity index (χ3n) is 4.37. The van der Waals surface area contributed by atoms with Gasteiger partial charge in [0.05, 0.1) is 22.8 Å². The summed E-state index contributed by atoms with van der Waals surface area (Å²) in [5.41, 5.74) is 0. The number of thiophene rings is 1. The molecule has 1 aromatic rings. The summed E-state index contributed by atoms with van der Waals surface area (Å²) in [7, 11) is 1.93. The summed E-state index contributed by atoms with van der Waals surface area (Å²) in [6, 6.07) is 3.85. The number of halogens is 1. The van der Waals surface area contributed by atoms with E-state index < -0.39 is 0 Å². The molecule has 3 rings (SSSR count). The van der Waals surface area contributed by atoms with Crippen LogP contribution >= 0.6 is 22.9 Å². The van der Waals surface area contributed by atoms with Crippen molar-refractivity contribution in [2.45, 2.75) is 32.2 Å². The molecule has 0 unspecified atom stereocenters. The number of nitrogens with zero attached hydrogens (tertiary/aromatic N) is 2. The number of likely N-dealkylation sites (tertiary alicyclic amines) is 1. The van der Waals surface area contributed by atoms with E-state index in [0.29, 0.717) is 13.2 Å². The van der Waals surface area contributed by atoms with Gasteiger partial charge in [-0.1, -0.05) is 24.4 Å². The highest BCUT2D eigenvalue weighted by atomic mass is 35.5. The highest BCUT2D eigenvalue weighted by Crippen LogP contribution is 2.38. The highest BCUT2D eigenvalue weighted by molar-refractivity contribution is 7.16. The fourth-order valence-electron chi connectivity index (χ4n) is 3.36. The average Bonchev–Trinajstić information content (AvgIpc) is 2.97. The molecular formula is C15H19ClN2O2S. The summed E-state index contributed by atoms with van der Waals surface area (Å²) in [6.45, 7) is 1.07. The number of rotatable bonds is 4. The van der Waals surface area contributed by atoms with Gasteiger partial charge in [-0.25, -0.2) is 0 Å². The van der Waals surface area contributed by atoms with Gasteiger partial charge in [0.2, 0.25) is 11.8 Å². The summed E-state index contributed by atoms with van der Waals surface area (Å²) in [5.74, 6) is -0.0619. The van der Waals surface area contributed by atoms with Gasteiger partial charge in [0.25, 0.3) is 0 Å². The highest BCUT2D eigenvalue weighted by Gasteiger charge is 2.48. The Balaban J connectivity index is 1.64. The Morgan fingerprint density at radius 1 is 1.24 bits per heavy atom. The number of hydrogen-bond acceptors (Lipinski definition) is 4. The third kappa shape index (κ3) is 3.00. The van der Waals surface area contributed by atoms with Gasteiger partial charge in [0, 0.05) is 11.4 Å². The predicted molar refractivity (Wildman–Crippen MR) is 83.0 cm³/mol. The van der Waals surface area contributed by atoms with Gasteiger partial charge in [-0.3, -0.25) is 19.4 Å². The molecule has 114 valence electrons. The van der Waals surface area contributed by atoms with Crippen LogP contribution in [-0.2, 0) is 16.1 Å². The maximum atomic E-state index is 12.4. The number of imide groups is 1. The van der Waals surface area contributed by atoms with Gasteiger partial charge in [-0.2, -0.15) is 0 Å². The van der Waals surface area contributed by atoms with E-state index in [4.69, 9.17) is 11.6 Å². The summed E-state index contributed by atoms with van der Waals surface area (Å²) >= 11 is 7.46. The van der Waals surface area contributed by atoms with Gasteiger partial charge < -0.3 is 0 Å². The number of hydrogen-bond donors (Lipinski definition) is 0. The van der Waals surface area contributed by atoms with Crippen molar-refractivity contribution in [3.63, 3.8) is 0 Å². The van der Waals surface area contributed by atoms with E-state index in [-0.39, 0.29) is 23.7 Å². The van der Waals surface area contributed by atoms with Crippen LogP contribution in [0.4, 0.5) is 0 Å². The normalized spacial score (nSPS) is 25.8. The van der Waals surface area contributed by atoms with E-state index in [1.165, 1.54) is 16.2 Å². The van der Waals surface area contributed by atoms with Crippen LogP contribution in [0.1, 0.15) is 30.6 Å². The number of fused-ring (bicyclic) bond motifs is 1. The Morgan fingerprint density at radius 3 is 2.38 bits per heavy atom. The molecule has 1 saturated carbocycles. The second kappa shape index (κ2) is 6.07. The van der Waals surface area contributed by atoms with E-state index >= 15 is 0 Å². The smallest absolute Gasteiger partial charge is 0.234 e. The Kier molecular flexibility index (Phi) is 4.33. The summed E-state index contributed by atoms with van der Waals surface area (Å²) < 4.78 is 0.762. The first-order valence-electron chi connectivity index (χ1n) is 7.34. The lowest BCUT2D eigenvalue weighted by Gasteiger charge is -2.22. The van der Waals surface area contributed by atoms with Crippen molar-refractivity contribution in [3.05, 3.63) is 21.3 Å². The maximum absolute atomic E-state index is 12.4. The summed E-state index contributed by atoms with van der Waals surface area (Å²) in [4.78, 5) is 29.4. The first kappa shape index (κ1) is 15.0. The van der Waals surface area contributed by atoms with Crippen molar-refractivity contribution < 1.29 is 9.59 Å². The van der Waals surface area contributed by atoms with Crippen molar-refractivity contribution in [3.8, 4) is 0 Å². The van der Waals surface area contributed by atoms with Gasteiger partial charge in [0.1, 0.15) is 0 Å². The Labute approximate surface area is 133 Å². The minimum Gasteiger partial charge on any atom is -0.284 e. The fourth-order valence-corrected chi connectivity index (χ4v) is 4.53. The van der Waals surface area contributed by atoms with E-state index in [1.54, 1.807) is 0 Å². The molecule has 6 heteroatoms. The zero-order valence-electron chi connectivity index (χ0n) is 12.0. The fraction of sp³-hybridized carbons (Fsp3) is 0.600. The first-order chi connectivity index (χ1) is 10.1. The molecule has 2 heterocycles. The molecule has 2 atom stereocenters. The van der Waals surface area contributed by atoms with Gasteiger partial charge in [-0.05, 0) is 32.0 Å². The molecule has 2 amide bonds. The standard InChI is InChI=1S/C15H19ClN2O2S/c1-17(8-10-6-7-13(16)21-10)9-18-14(19)11-4-2-3-5-12(11)15(18)20/h6-7,11-12H,2-5,8-9H2,1H3/t11-,12+. The SMILES string of the molecule is CN(Cc1ccc(Cl)s1)CN1C(=O)[C@H]2CCCC[C@H]2C1=O. The van der Waals surface area contributed by atoms with Crippen LogP contribution in [0.15, 0.2) is 12.1 Å². The van der Waals surface area contributed by atoms with Crippen molar-refractivity contribution in [1.29, 1.82) is 0 Å². The molecule has 0 spiro atoms. The summed E-state index contributed by atoms with van der Waals surface area (Å²) in [6.07, 6.45) is 3.88. The number of carbonyl (C=O) groups excluding carboxylic acids is 2. The quantitative estimate of drug-likeness (QED) is 0.799. The molecule has 1 aromatic heterocycles. The molecule has 2 aliphatic rings. The largest absolute Gasteiger partial charge is 0.284 e. The molecule has 0 radical (unpaired) electrons. The molecule has 1 saturated heterocycles. The van der Waals surface area contributed by atoms with Crippen LogP contribution < -0.4 is 0 Å². The molecule has 4 nitrogen and oxygen atoms in total. The molecule has 0 N–H and O–H groups in total. The Morgan fingerprint density at radius 2 is 1.86 bits per heavy atom. The van der Waals surface area contributed by atoms with Gasteiger partial charge >= 0.3 is 0 Å². The monoisotopic (exact) mass is 326 g/mol. The lowest BCUT2D eigenvalue weighted by Crippen LogP contribution is -2.39. The van der Waals surface area contributed by atoms with Crippen molar-refractivity contribution in [2.24, 2.45) is 11.8 Å². The van der Waals surface area contributed by atoms with Crippen molar-refractivity contribution in [1.82, 2.24) is 9.80 Å². The maximum Gasteiger partial charge on any atom is 0.234 e. The molecule has 1 aliphatic heterocycles. The molecule has 21 heavy (non-hydrogen) atoms. The van der Waals surface area contributed by atoms with Crippen LogP contribution in [0.2, 0.25) is 4.34 Å². The van der Waals surface area contributed by atoms with Crippen LogP contribution in [-0.4, -0.2) is 35.3 Å². The topological polar surface area (TPSA) is 40.6 Å². The van der Waals surface area contributed by atoms with Crippen LogP contribution in [0.5, 0.6) is 0 Å². The predicted octanol–water partition coefficient (Wildman–Crippen LogP) is 2.97.